The third kappa shape index (κ3) is 2.95. The van der Waals surface area contributed by atoms with Crippen LogP contribution in [-0.4, -0.2) is 17.4 Å². The lowest BCUT2D eigenvalue weighted by molar-refractivity contribution is 0.531. The molecule has 2 N–H and O–H groups in total. The monoisotopic (exact) mass is 199 g/mol. The Bertz CT molecular complexity index is 211. The van der Waals surface area contributed by atoms with Gasteiger partial charge in [0.25, 0.3) is 0 Å². The summed E-state index contributed by atoms with van der Waals surface area (Å²) in [5.74, 6) is 0.692. The molecule has 1 atom stereocenters. The molecule has 1 rings (SSSR count). The van der Waals surface area contributed by atoms with Crippen molar-refractivity contribution < 1.29 is 0 Å². The highest BCUT2D eigenvalue weighted by Gasteiger charge is 2.23. The fraction of sp³-hybridized carbons (Fsp3) is 0.778. The molecule has 0 aromatic carbocycles. The predicted molar refractivity (Wildman–Crippen MR) is 59.9 cm³/mol. The molecule has 0 aliphatic heterocycles. The summed E-state index contributed by atoms with van der Waals surface area (Å²) in [6, 6.07) is 0. The molecule has 0 aromatic heterocycles. The molecule has 13 heavy (non-hydrogen) atoms. The van der Waals surface area contributed by atoms with Crippen LogP contribution < -0.4 is 10.7 Å². The molecule has 0 spiro atoms. The van der Waals surface area contributed by atoms with Gasteiger partial charge in [0.15, 0.2) is 5.11 Å². The zero-order valence-electron chi connectivity index (χ0n) is 8.26. The van der Waals surface area contributed by atoms with Crippen molar-refractivity contribution in [2.75, 3.05) is 6.54 Å². The minimum Gasteiger partial charge on any atom is -0.362 e. The van der Waals surface area contributed by atoms with Gasteiger partial charge in [0.2, 0.25) is 0 Å². The zero-order chi connectivity index (χ0) is 9.68. The van der Waals surface area contributed by atoms with Gasteiger partial charge in [-0.15, -0.1) is 0 Å². The summed E-state index contributed by atoms with van der Waals surface area (Å²) in [4.78, 5) is 0. The number of nitrogens with zero attached hydrogens (tertiary/aromatic N) is 1. The second-order valence-electron chi connectivity index (χ2n) is 3.22. The van der Waals surface area contributed by atoms with Crippen LogP contribution in [0.5, 0.6) is 0 Å². The van der Waals surface area contributed by atoms with E-state index in [1.54, 1.807) is 0 Å². The first-order valence-corrected chi connectivity index (χ1v) is 5.29. The first kappa shape index (κ1) is 10.4. The van der Waals surface area contributed by atoms with E-state index in [9.17, 15) is 0 Å². The molecule has 1 saturated carbocycles. The van der Waals surface area contributed by atoms with Gasteiger partial charge >= 0.3 is 0 Å². The number of rotatable bonds is 3. The van der Waals surface area contributed by atoms with Crippen LogP contribution in [0, 0.1) is 5.92 Å². The normalized spacial score (nSPS) is 23.8. The minimum absolute atomic E-state index is 0.622. The van der Waals surface area contributed by atoms with Crippen LogP contribution in [0.3, 0.4) is 0 Å². The first-order valence-electron chi connectivity index (χ1n) is 4.88. The molecule has 1 unspecified atom stereocenters. The van der Waals surface area contributed by atoms with Gasteiger partial charge in [0.05, 0.1) is 0 Å². The number of hydrogen-bond acceptors (Lipinski definition) is 2. The summed E-state index contributed by atoms with van der Waals surface area (Å²) in [5, 5.41) is 7.88. The average molecular weight is 199 g/mol. The standard InChI is InChI=1S/C9H17N3S/c1-3-7-5-6-8(7)11-12-9(13)10-4-2/h7H,3-6H2,1-2H3,(H2,10,12,13)/b11-8+. The molecule has 3 nitrogen and oxygen atoms in total. The van der Waals surface area contributed by atoms with E-state index in [1.807, 2.05) is 6.92 Å². The Kier molecular flexibility index (Phi) is 4.15. The highest BCUT2D eigenvalue weighted by molar-refractivity contribution is 7.80. The predicted octanol–water partition coefficient (Wildman–Crippen LogP) is 1.65. The lowest BCUT2D eigenvalue weighted by atomic mass is 9.81. The molecular formula is C9H17N3S. The van der Waals surface area contributed by atoms with Crippen molar-refractivity contribution >= 4 is 23.0 Å². The van der Waals surface area contributed by atoms with E-state index in [4.69, 9.17) is 12.2 Å². The van der Waals surface area contributed by atoms with Gasteiger partial charge in [-0.1, -0.05) is 6.92 Å². The molecular weight excluding hydrogens is 182 g/mol. The third-order valence-corrected chi connectivity index (χ3v) is 2.59. The van der Waals surface area contributed by atoms with Crippen LogP contribution in [0.25, 0.3) is 0 Å². The van der Waals surface area contributed by atoms with Crippen molar-refractivity contribution in [1.29, 1.82) is 0 Å². The van der Waals surface area contributed by atoms with Crippen LogP contribution in [0.4, 0.5) is 0 Å². The van der Waals surface area contributed by atoms with Gasteiger partial charge in [-0.05, 0) is 44.3 Å². The Hall–Kier alpha value is -0.640. The van der Waals surface area contributed by atoms with Gasteiger partial charge in [-0.2, -0.15) is 5.10 Å². The van der Waals surface area contributed by atoms with Gasteiger partial charge in [0.1, 0.15) is 0 Å². The molecule has 0 amide bonds. The molecule has 1 aliphatic rings. The maximum absolute atomic E-state index is 4.99. The Morgan fingerprint density at radius 1 is 1.62 bits per heavy atom. The minimum atomic E-state index is 0.622. The van der Waals surface area contributed by atoms with E-state index in [1.165, 1.54) is 18.6 Å². The summed E-state index contributed by atoms with van der Waals surface area (Å²) < 4.78 is 0. The van der Waals surface area contributed by atoms with Crippen LogP contribution in [-0.2, 0) is 0 Å². The number of nitrogens with one attached hydrogen (secondary N) is 2. The van der Waals surface area contributed by atoms with Gasteiger partial charge in [0, 0.05) is 12.3 Å². The fourth-order valence-electron chi connectivity index (χ4n) is 1.39. The summed E-state index contributed by atoms with van der Waals surface area (Å²) in [6.45, 7) is 5.05. The Morgan fingerprint density at radius 3 is 2.85 bits per heavy atom. The van der Waals surface area contributed by atoms with Crippen molar-refractivity contribution in [3.8, 4) is 0 Å². The second-order valence-corrected chi connectivity index (χ2v) is 3.63. The fourth-order valence-corrected chi connectivity index (χ4v) is 1.58. The van der Waals surface area contributed by atoms with Crippen molar-refractivity contribution in [2.24, 2.45) is 11.0 Å². The van der Waals surface area contributed by atoms with Crippen molar-refractivity contribution in [1.82, 2.24) is 10.7 Å². The van der Waals surface area contributed by atoms with Gasteiger partial charge in [-0.25, -0.2) is 0 Å². The van der Waals surface area contributed by atoms with Crippen LogP contribution in [0.15, 0.2) is 5.10 Å². The van der Waals surface area contributed by atoms with Crippen LogP contribution in [0.1, 0.15) is 33.1 Å². The molecule has 0 radical (unpaired) electrons. The second kappa shape index (κ2) is 5.17. The highest BCUT2D eigenvalue weighted by Crippen LogP contribution is 2.26. The van der Waals surface area contributed by atoms with E-state index in [-0.39, 0.29) is 0 Å². The molecule has 1 fully saturated rings. The summed E-state index contributed by atoms with van der Waals surface area (Å²) >= 11 is 4.99. The summed E-state index contributed by atoms with van der Waals surface area (Å²) in [7, 11) is 0. The number of hydrazone groups is 1. The van der Waals surface area contributed by atoms with Gasteiger partial charge < -0.3 is 5.32 Å². The maximum Gasteiger partial charge on any atom is 0.186 e. The molecule has 74 valence electrons. The van der Waals surface area contributed by atoms with Crippen molar-refractivity contribution in [3.05, 3.63) is 0 Å². The number of thiocarbonyl (C=S) groups is 1. The van der Waals surface area contributed by atoms with E-state index in [0.29, 0.717) is 11.0 Å². The van der Waals surface area contributed by atoms with E-state index in [0.717, 1.165) is 13.0 Å². The van der Waals surface area contributed by atoms with Crippen molar-refractivity contribution in [3.63, 3.8) is 0 Å². The molecule has 0 aromatic rings. The van der Waals surface area contributed by atoms with Crippen molar-refractivity contribution in [2.45, 2.75) is 33.1 Å². The Balaban J connectivity index is 2.27. The number of hydrogen-bond donors (Lipinski definition) is 2. The molecule has 0 heterocycles. The average Bonchev–Trinajstić information content (AvgIpc) is 2.04. The Labute approximate surface area is 85.0 Å². The lowest BCUT2D eigenvalue weighted by Gasteiger charge is -2.26. The molecule has 1 aliphatic carbocycles. The SMILES string of the molecule is CCNC(=S)N/N=C1\CCC1CC. The van der Waals surface area contributed by atoms with E-state index < -0.39 is 0 Å². The molecule has 0 saturated heterocycles. The zero-order valence-corrected chi connectivity index (χ0v) is 9.08. The summed E-state index contributed by atoms with van der Waals surface area (Å²) in [6.07, 6.45) is 3.60. The van der Waals surface area contributed by atoms with Gasteiger partial charge in [-0.3, -0.25) is 5.43 Å². The lowest BCUT2D eigenvalue weighted by Crippen LogP contribution is -2.35. The molecule has 0 bridgehead atoms. The van der Waals surface area contributed by atoms with E-state index >= 15 is 0 Å². The third-order valence-electron chi connectivity index (χ3n) is 2.35. The van der Waals surface area contributed by atoms with Crippen LogP contribution in [0.2, 0.25) is 0 Å². The highest BCUT2D eigenvalue weighted by atomic mass is 32.1. The van der Waals surface area contributed by atoms with E-state index in [2.05, 4.69) is 22.8 Å². The topological polar surface area (TPSA) is 36.4 Å². The Morgan fingerprint density at radius 2 is 2.38 bits per heavy atom. The first-order chi connectivity index (χ1) is 6.27. The summed E-state index contributed by atoms with van der Waals surface area (Å²) in [5.41, 5.74) is 4.12. The molecule has 4 heteroatoms. The smallest absolute Gasteiger partial charge is 0.186 e. The quantitative estimate of drug-likeness (QED) is 0.536. The van der Waals surface area contributed by atoms with Crippen LogP contribution >= 0.6 is 12.2 Å². The largest absolute Gasteiger partial charge is 0.362 e. The maximum atomic E-state index is 4.99.